The summed E-state index contributed by atoms with van der Waals surface area (Å²) in [6.07, 6.45) is 7.45. The molecule has 1 amide bonds. The fourth-order valence-electron chi connectivity index (χ4n) is 3.51. The SMILES string of the molecule is Cc1c(C(=O)N(Cc2ccc3[nH]ccc3c2)C2CC2)cnc2ccnn12. The first-order chi connectivity index (χ1) is 12.7. The molecule has 6 nitrogen and oxygen atoms in total. The lowest BCUT2D eigenvalue weighted by Gasteiger charge is -2.23. The lowest BCUT2D eigenvalue weighted by atomic mass is 10.1. The number of benzene rings is 1. The number of hydrogen-bond acceptors (Lipinski definition) is 3. The van der Waals surface area contributed by atoms with E-state index in [1.54, 1.807) is 16.9 Å². The van der Waals surface area contributed by atoms with Crippen LogP contribution in [0, 0.1) is 6.92 Å². The van der Waals surface area contributed by atoms with E-state index in [0.717, 1.165) is 35.3 Å². The molecule has 1 N–H and O–H groups in total. The molecular formula is C20H19N5O. The molecule has 0 saturated heterocycles. The largest absolute Gasteiger partial charge is 0.361 e. The van der Waals surface area contributed by atoms with E-state index in [2.05, 4.69) is 39.3 Å². The number of amides is 1. The van der Waals surface area contributed by atoms with Crippen molar-refractivity contribution >= 4 is 22.5 Å². The normalized spacial score (nSPS) is 14.2. The van der Waals surface area contributed by atoms with Gasteiger partial charge in [-0.05, 0) is 48.9 Å². The molecule has 6 heteroatoms. The van der Waals surface area contributed by atoms with Gasteiger partial charge in [-0.2, -0.15) is 5.10 Å². The van der Waals surface area contributed by atoms with E-state index >= 15 is 0 Å². The lowest BCUT2D eigenvalue weighted by Crippen LogP contribution is -2.33. The number of H-pyrrole nitrogens is 1. The molecule has 4 aromatic rings. The van der Waals surface area contributed by atoms with Crippen molar-refractivity contribution in [1.82, 2.24) is 24.5 Å². The van der Waals surface area contributed by atoms with Gasteiger partial charge in [0, 0.05) is 36.6 Å². The van der Waals surface area contributed by atoms with Crippen LogP contribution in [-0.4, -0.2) is 36.4 Å². The van der Waals surface area contributed by atoms with Gasteiger partial charge < -0.3 is 9.88 Å². The summed E-state index contributed by atoms with van der Waals surface area (Å²) in [7, 11) is 0. The smallest absolute Gasteiger partial charge is 0.257 e. The van der Waals surface area contributed by atoms with Crippen LogP contribution in [0.3, 0.4) is 0 Å². The van der Waals surface area contributed by atoms with Crippen molar-refractivity contribution < 1.29 is 4.79 Å². The molecular weight excluding hydrogens is 326 g/mol. The third-order valence-electron chi connectivity index (χ3n) is 5.11. The molecule has 0 radical (unpaired) electrons. The van der Waals surface area contributed by atoms with E-state index in [4.69, 9.17) is 0 Å². The van der Waals surface area contributed by atoms with E-state index in [1.807, 2.05) is 24.1 Å². The molecule has 3 heterocycles. The summed E-state index contributed by atoms with van der Waals surface area (Å²) in [4.78, 5) is 22.8. The van der Waals surface area contributed by atoms with Crippen LogP contribution in [0.15, 0.2) is 48.9 Å². The van der Waals surface area contributed by atoms with Crippen molar-refractivity contribution in [2.75, 3.05) is 0 Å². The summed E-state index contributed by atoms with van der Waals surface area (Å²) in [6, 6.07) is 10.5. The van der Waals surface area contributed by atoms with Crippen LogP contribution in [-0.2, 0) is 6.54 Å². The number of aromatic nitrogens is 4. The van der Waals surface area contributed by atoms with Crippen LogP contribution in [0.25, 0.3) is 16.6 Å². The van der Waals surface area contributed by atoms with E-state index < -0.39 is 0 Å². The van der Waals surface area contributed by atoms with Gasteiger partial charge >= 0.3 is 0 Å². The van der Waals surface area contributed by atoms with Crippen LogP contribution < -0.4 is 0 Å². The van der Waals surface area contributed by atoms with E-state index in [1.165, 1.54) is 5.39 Å². The first kappa shape index (κ1) is 15.1. The van der Waals surface area contributed by atoms with Crippen molar-refractivity contribution in [3.63, 3.8) is 0 Å². The van der Waals surface area contributed by atoms with Gasteiger partial charge in [0.25, 0.3) is 5.91 Å². The monoisotopic (exact) mass is 345 g/mol. The Morgan fingerprint density at radius 3 is 3.04 bits per heavy atom. The molecule has 1 aliphatic rings. The van der Waals surface area contributed by atoms with E-state index in [0.29, 0.717) is 18.2 Å². The fourth-order valence-corrected chi connectivity index (χ4v) is 3.51. The van der Waals surface area contributed by atoms with Gasteiger partial charge in [0.1, 0.15) is 0 Å². The highest BCUT2D eigenvalue weighted by Crippen LogP contribution is 2.31. The number of rotatable bonds is 4. The summed E-state index contributed by atoms with van der Waals surface area (Å²) in [5.41, 5.74) is 4.47. The standard InChI is InChI=1S/C20H19N5O/c1-13-17(11-22-19-7-9-23-25(13)19)20(26)24(16-3-4-16)12-14-2-5-18-15(10-14)6-8-21-18/h2,5-11,16,21H,3-4,12H2,1H3. The van der Waals surface area contributed by atoms with Crippen molar-refractivity contribution in [1.29, 1.82) is 0 Å². The Balaban J connectivity index is 1.49. The van der Waals surface area contributed by atoms with Gasteiger partial charge in [-0.3, -0.25) is 4.79 Å². The Labute approximate surface area is 150 Å². The average Bonchev–Trinajstić information content (AvgIpc) is 3.18. The fraction of sp³-hybridized carbons (Fsp3) is 0.250. The van der Waals surface area contributed by atoms with Gasteiger partial charge in [0.05, 0.1) is 17.5 Å². The zero-order chi connectivity index (χ0) is 17.7. The molecule has 0 bridgehead atoms. The van der Waals surface area contributed by atoms with Crippen LogP contribution in [0.4, 0.5) is 0 Å². The Bertz CT molecular complexity index is 1120. The minimum Gasteiger partial charge on any atom is -0.361 e. The highest BCUT2D eigenvalue weighted by Gasteiger charge is 2.34. The topological polar surface area (TPSA) is 66.3 Å². The molecule has 0 spiro atoms. The highest BCUT2D eigenvalue weighted by atomic mass is 16.2. The maximum atomic E-state index is 13.3. The molecule has 1 saturated carbocycles. The van der Waals surface area contributed by atoms with Gasteiger partial charge in [-0.1, -0.05) is 6.07 Å². The van der Waals surface area contributed by atoms with E-state index in [9.17, 15) is 4.79 Å². The number of carbonyl (C=O) groups excluding carboxylic acids is 1. The molecule has 26 heavy (non-hydrogen) atoms. The molecule has 0 aliphatic heterocycles. The Morgan fingerprint density at radius 1 is 1.31 bits per heavy atom. The Hall–Kier alpha value is -3.15. The predicted molar refractivity (Wildman–Crippen MR) is 98.9 cm³/mol. The van der Waals surface area contributed by atoms with Gasteiger partial charge in [-0.15, -0.1) is 0 Å². The molecule has 0 unspecified atom stereocenters. The first-order valence-corrected chi connectivity index (χ1v) is 8.87. The number of nitrogens with zero attached hydrogens (tertiary/aromatic N) is 4. The summed E-state index contributed by atoms with van der Waals surface area (Å²) >= 11 is 0. The van der Waals surface area contributed by atoms with Gasteiger partial charge in [-0.25, -0.2) is 9.50 Å². The quantitative estimate of drug-likeness (QED) is 0.617. The van der Waals surface area contributed by atoms with Crippen molar-refractivity contribution in [2.45, 2.75) is 32.4 Å². The van der Waals surface area contributed by atoms with Crippen molar-refractivity contribution in [3.05, 3.63) is 65.7 Å². The molecule has 130 valence electrons. The van der Waals surface area contributed by atoms with E-state index in [-0.39, 0.29) is 5.91 Å². The summed E-state index contributed by atoms with van der Waals surface area (Å²) in [5.74, 6) is 0.0315. The van der Waals surface area contributed by atoms with Crippen LogP contribution in [0.2, 0.25) is 0 Å². The van der Waals surface area contributed by atoms with Crippen LogP contribution in [0.5, 0.6) is 0 Å². The minimum absolute atomic E-state index is 0.0315. The minimum atomic E-state index is 0.0315. The average molecular weight is 345 g/mol. The Morgan fingerprint density at radius 2 is 2.19 bits per heavy atom. The highest BCUT2D eigenvalue weighted by molar-refractivity contribution is 5.95. The molecule has 3 aromatic heterocycles. The maximum Gasteiger partial charge on any atom is 0.257 e. The number of aromatic amines is 1. The maximum absolute atomic E-state index is 13.3. The zero-order valence-electron chi connectivity index (χ0n) is 14.5. The number of carbonyl (C=O) groups is 1. The van der Waals surface area contributed by atoms with Gasteiger partial charge in [0.15, 0.2) is 5.65 Å². The Kier molecular flexibility index (Phi) is 3.31. The number of aryl methyl sites for hydroxylation is 1. The van der Waals surface area contributed by atoms with Crippen LogP contribution in [0.1, 0.15) is 34.5 Å². The number of nitrogens with one attached hydrogen (secondary N) is 1. The summed E-state index contributed by atoms with van der Waals surface area (Å²) in [5, 5.41) is 5.44. The third kappa shape index (κ3) is 2.45. The molecule has 1 aliphatic carbocycles. The second kappa shape index (κ2) is 5.69. The lowest BCUT2D eigenvalue weighted by molar-refractivity contribution is 0.0728. The van der Waals surface area contributed by atoms with Crippen LogP contribution >= 0.6 is 0 Å². The predicted octanol–water partition coefficient (Wildman–Crippen LogP) is 3.32. The second-order valence-electron chi connectivity index (χ2n) is 6.92. The zero-order valence-corrected chi connectivity index (χ0v) is 14.5. The summed E-state index contributed by atoms with van der Waals surface area (Å²) < 4.78 is 1.73. The third-order valence-corrected chi connectivity index (χ3v) is 5.11. The van der Waals surface area contributed by atoms with Crippen molar-refractivity contribution in [3.8, 4) is 0 Å². The second-order valence-corrected chi connectivity index (χ2v) is 6.92. The number of fused-ring (bicyclic) bond motifs is 2. The molecule has 0 atom stereocenters. The number of hydrogen-bond donors (Lipinski definition) is 1. The first-order valence-electron chi connectivity index (χ1n) is 8.87. The van der Waals surface area contributed by atoms with Crippen molar-refractivity contribution in [2.24, 2.45) is 0 Å². The molecule has 1 aromatic carbocycles. The van der Waals surface area contributed by atoms with Gasteiger partial charge in [0.2, 0.25) is 0 Å². The summed E-state index contributed by atoms with van der Waals surface area (Å²) in [6.45, 7) is 2.53. The molecule has 5 rings (SSSR count). The molecule has 1 fully saturated rings.